The average molecular weight is 381 g/mol. The maximum atomic E-state index is 5.03. The van der Waals surface area contributed by atoms with Gasteiger partial charge >= 0.3 is 0 Å². The first-order chi connectivity index (χ1) is 13.1. The van der Waals surface area contributed by atoms with E-state index in [1.165, 1.54) is 34.5 Å². The van der Waals surface area contributed by atoms with Gasteiger partial charge in [0.2, 0.25) is 0 Å². The van der Waals surface area contributed by atoms with Crippen LogP contribution in [0, 0.1) is 6.92 Å². The number of anilines is 1. The zero-order valence-corrected chi connectivity index (χ0v) is 17.5. The number of pyridine rings is 1. The SMILES string of the molecule is CSc1ccc2c(C)cc(N3CCCC(c4nccn4C(C)C)C3)nc2c1. The van der Waals surface area contributed by atoms with E-state index < -0.39 is 0 Å². The molecule has 3 heterocycles. The van der Waals surface area contributed by atoms with E-state index >= 15 is 0 Å². The predicted octanol–water partition coefficient (Wildman–Crippen LogP) is 5.43. The number of nitrogens with zero attached hydrogens (tertiary/aromatic N) is 4. The summed E-state index contributed by atoms with van der Waals surface area (Å²) in [7, 11) is 0. The third kappa shape index (κ3) is 3.57. The molecule has 5 heteroatoms. The fraction of sp³-hybridized carbons (Fsp3) is 0.455. The number of rotatable bonds is 4. The van der Waals surface area contributed by atoms with Gasteiger partial charge in [0.25, 0.3) is 0 Å². The van der Waals surface area contributed by atoms with Crippen molar-refractivity contribution < 1.29 is 0 Å². The van der Waals surface area contributed by atoms with Gasteiger partial charge in [0.05, 0.1) is 5.52 Å². The van der Waals surface area contributed by atoms with Crippen LogP contribution in [0.3, 0.4) is 0 Å². The first-order valence-corrected chi connectivity index (χ1v) is 11.0. The Morgan fingerprint density at radius 1 is 1.22 bits per heavy atom. The largest absolute Gasteiger partial charge is 0.356 e. The minimum atomic E-state index is 0.448. The Bertz CT molecular complexity index is 947. The summed E-state index contributed by atoms with van der Waals surface area (Å²) < 4.78 is 2.32. The van der Waals surface area contributed by atoms with E-state index in [0.717, 1.165) is 24.4 Å². The Balaban J connectivity index is 1.65. The van der Waals surface area contributed by atoms with Gasteiger partial charge in [-0.15, -0.1) is 11.8 Å². The van der Waals surface area contributed by atoms with Crippen LogP contribution in [-0.4, -0.2) is 33.9 Å². The summed E-state index contributed by atoms with van der Waals surface area (Å²) in [5, 5.41) is 1.25. The second-order valence-electron chi connectivity index (χ2n) is 7.75. The molecule has 1 saturated heterocycles. The molecule has 142 valence electrons. The first-order valence-electron chi connectivity index (χ1n) is 9.80. The number of benzene rings is 1. The summed E-state index contributed by atoms with van der Waals surface area (Å²) in [6.07, 6.45) is 8.55. The van der Waals surface area contributed by atoms with Crippen molar-refractivity contribution in [3.63, 3.8) is 0 Å². The lowest BCUT2D eigenvalue weighted by atomic mass is 9.96. The zero-order chi connectivity index (χ0) is 19.0. The fourth-order valence-electron chi connectivity index (χ4n) is 4.13. The Morgan fingerprint density at radius 2 is 2.07 bits per heavy atom. The topological polar surface area (TPSA) is 34.0 Å². The van der Waals surface area contributed by atoms with E-state index in [-0.39, 0.29) is 0 Å². The van der Waals surface area contributed by atoms with Gasteiger partial charge in [0.15, 0.2) is 0 Å². The molecule has 27 heavy (non-hydrogen) atoms. The lowest BCUT2D eigenvalue weighted by Crippen LogP contribution is -2.36. The van der Waals surface area contributed by atoms with Crippen LogP contribution in [-0.2, 0) is 0 Å². The van der Waals surface area contributed by atoms with Crippen molar-refractivity contribution >= 4 is 28.5 Å². The summed E-state index contributed by atoms with van der Waals surface area (Å²) in [5.41, 5.74) is 2.40. The molecule has 1 aliphatic rings. The number of imidazole rings is 1. The number of aromatic nitrogens is 3. The van der Waals surface area contributed by atoms with Gasteiger partial charge in [0, 0.05) is 47.7 Å². The predicted molar refractivity (Wildman–Crippen MR) is 115 cm³/mol. The minimum Gasteiger partial charge on any atom is -0.356 e. The molecule has 1 aliphatic heterocycles. The van der Waals surface area contributed by atoms with Crippen molar-refractivity contribution in [2.45, 2.75) is 50.5 Å². The van der Waals surface area contributed by atoms with E-state index in [2.05, 4.69) is 67.0 Å². The number of hydrogen-bond acceptors (Lipinski definition) is 4. The molecule has 0 saturated carbocycles. The highest BCUT2D eigenvalue weighted by molar-refractivity contribution is 7.98. The summed E-state index contributed by atoms with van der Waals surface area (Å²) in [6, 6.07) is 9.29. The van der Waals surface area contributed by atoms with Crippen LogP contribution >= 0.6 is 11.8 Å². The third-order valence-electron chi connectivity index (χ3n) is 5.58. The quantitative estimate of drug-likeness (QED) is 0.566. The van der Waals surface area contributed by atoms with Gasteiger partial charge in [-0.3, -0.25) is 0 Å². The van der Waals surface area contributed by atoms with Gasteiger partial charge in [-0.05, 0) is 63.6 Å². The van der Waals surface area contributed by atoms with Crippen LogP contribution < -0.4 is 4.90 Å². The minimum absolute atomic E-state index is 0.448. The molecule has 0 spiro atoms. The average Bonchev–Trinajstić information content (AvgIpc) is 3.18. The Kier molecular flexibility index (Phi) is 5.13. The molecule has 0 aliphatic carbocycles. The zero-order valence-electron chi connectivity index (χ0n) is 16.6. The summed E-state index contributed by atoms with van der Waals surface area (Å²) in [4.78, 5) is 13.4. The fourth-order valence-corrected chi connectivity index (χ4v) is 4.56. The standard InChI is InChI=1S/C22H28N4S/c1-15(2)26-11-9-23-22(26)17-6-5-10-25(14-17)21-12-16(3)19-8-7-18(27-4)13-20(19)24-21/h7-9,11-13,15,17H,5-6,10,14H2,1-4H3. The molecule has 0 bridgehead atoms. The first kappa shape index (κ1) is 18.4. The number of piperidine rings is 1. The molecule has 3 aromatic rings. The van der Waals surface area contributed by atoms with Crippen LogP contribution in [0.25, 0.3) is 10.9 Å². The van der Waals surface area contributed by atoms with Crippen LogP contribution in [0.1, 0.15) is 50.0 Å². The van der Waals surface area contributed by atoms with E-state index in [0.29, 0.717) is 12.0 Å². The number of fused-ring (bicyclic) bond motifs is 1. The molecule has 4 nitrogen and oxygen atoms in total. The highest BCUT2D eigenvalue weighted by atomic mass is 32.2. The van der Waals surface area contributed by atoms with Crippen LogP contribution in [0.15, 0.2) is 41.6 Å². The van der Waals surface area contributed by atoms with Crippen molar-refractivity contribution in [2.24, 2.45) is 0 Å². The molecular weight excluding hydrogens is 352 g/mol. The second-order valence-corrected chi connectivity index (χ2v) is 8.63. The van der Waals surface area contributed by atoms with Gasteiger partial charge in [-0.1, -0.05) is 6.07 Å². The van der Waals surface area contributed by atoms with Gasteiger partial charge in [0.1, 0.15) is 11.6 Å². The van der Waals surface area contributed by atoms with Gasteiger partial charge < -0.3 is 9.47 Å². The lowest BCUT2D eigenvalue weighted by Gasteiger charge is -2.34. The molecule has 1 aromatic carbocycles. The normalized spacial score (nSPS) is 17.8. The van der Waals surface area contributed by atoms with Crippen LogP contribution in [0.5, 0.6) is 0 Å². The third-order valence-corrected chi connectivity index (χ3v) is 6.30. The van der Waals surface area contributed by atoms with Crippen LogP contribution in [0.4, 0.5) is 5.82 Å². The van der Waals surface area contributed by atoms with Crippen molar-refractivity contribution in [3.05, 3.63) is 48.0 Å². The Morgan fingerprint density at radius 3 is 2.85 bits per heavy atom. The Hall–Kier alpha value is -2.01. The van der Waals surface area contributed by atoms with E-state index in [1.807, 2.05) is 6.20 Å². The maximum absolute atomic E-state index is 5.03. The number of thioether (sulfide) groups is 1. The van der Waals surface area contributed by atoms with Crippen LogP contribution in [0.2, 0.25) is 0 Å². The van der Waals surface area contributed by atoms with Crippen molar-refractivity contribution in [1.82, 2.24) is 14.5 Å². The van der Waals surface area contributed by atoms with Crippen molar-refractivity contribution in [1.29, 1.82) is 0 Å². The van der Waals surface area contributed by atoms with Gasteiger partial charge in [-0.25, -0.2) is 9.97 Å². The summed E-state index contributed by atoms with van der Waals surface area (Å²) >= 11 is 1.77. The smallest absolute Gasteiger partial charge is 0.129 e. The summed E-state index contributed by atoms with van der Waals surface area (Å²) in [6.45, 7) is 8.70. The van der Waals surface area contributed by atoms with E-state index in [1.54, 1.807) is 11.8 Å². The summed E-state index contributed by atoms with van der Waals surface area (Å²) in [5.74, 6) is 2.79. The van der Waals surface area contributed by atoms with E-state index in [9.17, 15) is 0 Å². The molecular formula is C22H28N4S. The monoisotopic (exact) mass is 380 g/mol. The molecule has 4 rings (SSSR count). The maximum Gasteiger partial charge on any atom is 0.129 e. The molecule has 0 amide bonds. The van der Waals surface area contributed by atoms with Crippen molar-refractivity contribution in [3.8, 4) is 0 Å². The second kappa shape index (κ2) is 7.55. The number of aryl methyl sites for hydroxylation is 1. The van der Waals surface area contributed by atoms with Gasteiger partial charge in [-0.2, -0.15) is 0 Å². The molecule has 1 unspecified atom stereocenters. The Labute approximate surface area is 166 Å². The number of hydrogen-bond donors (Lipinski definition) is 0. The highest BCUT2D eigenvalue weighted by Gasteiger charge is 2.26. The highest BCUT2D eigenvalue weighted by Crippen LogP contribution is 2.32. The van der Waals surface area contributed by atoms with E-state index in [4.69, 9.17) is 9.97 Å². The van der Waals surface area contributed by atoms with Crippen molar-refractivity contribution in [2.75, 3.05) is 24.2 Å². The lowest BCUT2D eigenvalue weighted by molar-refractivity contribution is 0.453. The molecule has 1 atom stereocenters. The molecule has 2 aromatic heterocycles. The molecule has 1 fully saturated rings. The molecule has 0 radical (unpaired) electrons. The molecule has 0 N–H and O–H groups in total.